The molecule has 1 aromatic carbocycles. The van der Waals surface area contributed by atoms with Crippen LogP contribution in [0.3, 0.4) is 0 Å². The Labute approximate surface area is 175 Å². The number of oxime groups is 1. The van der Waals surface area contributed by atoms with Crippen molar-refractivity contribution in [1.82, 2.24) is 4.98 Å². The van der Waals surface area contributed by atoms with Crippen molar-refractivity contribution < 1.29 is 16.9 Å². The molecule has 0 radical (unpaired) electrons. The lowest BCUT2D eigenvalue weighted by atomic mass is 9.99. The van der Waals surface area contributed by atoms with Crippen LogP contribution in [0.4, 0.5) is 0 Å². The number of amidine groups is 1. The number of hydrogen-bond acceptors (Lipinski definition) is 7. The number of halogens is 1. The van der Waals surface area contributed by atoms with E-state index >= 15 is 0 Å². The van der Waals surface area contributed by atoms with Gasteiger partial charge in [0.05, 0.1) is 27.2 Å². The van der Waals surface area contributed by atoms with Gasteiger partial charge in [-0.2, -0.15) is 13.7 Å². The summed E-state index contributed by atoms with van der Waals surface area (Å²) in [6.45, 7) is 1.72. The maximum Gasteiger partial charge on any atom is 0.358 e. The first-order valence-corrected chi connectivity index (χ1v) is 11.7. The number of hydrogen-bond donors (Lipinski definition) is 1. The van der Waals surface area contributed by atoms with Crippen molar-refractivity contribution in [2.24, 2.45) is 10.9 Å². The first kappa shape index (κ1) is 21.2. The summed E-state index contributed by atoms with van der Waals surface area (Å²) >= 11 is 5.75. The molecule has 1 atom stereocenters. The van der Waals surface area contributed by atoms with Crippen LogP contribution >= 0.6 is 11.6 Å². The average Bonchev–Trinajstić information content (AvgIpc) is 3.53. The van der Waals surface area contributed by atoms with E-state index in [1.54, 1.807) is 13.0 Å². The molecule has 0 amide bonds. The van der Waals surface area contributed by atoms with Crippen LogP contribution in [0.2, 0.25) is 5.02 Å². The zero-order valence-corrected chi connectivity index (χ0v) is 17.7. The molecule has 1 aromatic heterocycles. The molecule has 8 nitrogen and oxygen atoms in total. The maximum absolute atomic E-state index is 12.5. The highest BCUT2D eigenvalue weighted by Gasteiger charge is 2.45. The van der Waals surface area contributed by atoms with Gasteiger partial charge in [0.1, 0.15) is 10.6 Å². The Hall–Kier alpha value is -2.48. The minimum atomic E-state index is -4.22. The predicted molar refractivity (Wildman–Crippen MR) is 108 cm³/mol. The van der Waals surface area contributed by atoms with Crippen LogP contribution < -0.4 is 5.73 Å². The van der Waals surface area contributed by atoms with Gasteiger partial charge in [0.15, 0.2) is 5.84 Å². The molecule has 0 unspecified atom stereocenters. The zero-order valence-electron chi connectivity index (χ0n) is 15.3. The summed E-state index contributed by atoms with van der Waals surface area (Å²) in [5.41, 5.74) is 5.98. The van der Waals surface area contributed by atoms with Crippen LogP contribution in [0.25, 0.3) is 0 Å². The second-order valence-corrected chi connectivity index (χ2v) is 10.0. The zero-order chi connectivity index (χ0) is 21.2. The topological polar surface area (TPSA) is 136 Å². The van der Waals surface area contributed by atoms with E-state index in [0.717, 1.165) is 0 Å². The van der Waals surface area contributed by atoms with Gasteiger partial charge in [0.25, 0.3) is 0 Å². The van der Waals surface area contributed by atoms with Crippen LogP contribution in [0.1, 0.15) is 31.0 Å². The van der Waals surface area contributed by atoms with Gasteiger partial charge >= 0.3 is 10.1 Å². The van der Waals surface area contributed by atoms with E-state index in [9.17, 15) is 17.9 Å². The van der Waals surface area contributed by atoms with E-state index in [2.05, 4.69) is 20.5 Å². The summed E-state index contributed by atoms with van der Waals surface area (Å²) < 4.78 is 41.6. The Kier molecular flexibility index (Phi) is 5.93. The second-order valence-electron chi connectivity index (χ2n) is 6.36. The fourth-order valence-electron chi connectivity index (χ4n) is 2.59. The average molecular weight is 453 g/mol. The van der Waals surface area contributed by atoms with Crippen molar-refractivity contribution in [1.29, 1.82) is 5.26 Å². The third kappa shape index (κ3) is 4.42. The number of aromatic nitrogens is 1. The smallest absolute Gasteiger partial charge is 0.358 e. The van der Waals surface area contributed by atoms with E-state index in [1.807, 2.05) is 0 Å². The fourth-order valence-corrected chi connectivity index (χ4v) is 4.40. The first-order chi connectivity index (χ1) is 13.7. The molecule has 0 aliphatic heterocycles. The summed E-state index contributed by atoms with van der Waals surface area (Å²) in [5, 5.41) is 13.2. The number of nitriles is 1. The van der Waals surface area contributed by atoms with Gasteiger partial charge in [-0.15, -0.1) is 0 Å². The first-order valence-electron chi connectivity index (χ1n) is 8.55. The fraction of sp³-hybridized carbons (Fsp3) is 0.278. The van der Waals surface area contributed by atoms with E-state index in [1.165, 1.54) is 30.5 Å². The molecular formula is C18H17ClN4O4S2. The highest BCUT2D eigenvalue weighted by atomic mass is 35.5. The largest absolute Gasteiger partial charge is 0.379 e. The Morgan fingerprint density at radius 3 is 2.62 bits per heavy atom. The lowest BCUT2D eigenvalue weighted by Gasteiger charge is -2.12. The predicted octanol–water partition coefficient (Wildman–Crippen LogP) is 2.44. The van der Waals surface area contributed by atoms with Gasteiger partial charge in [0, 0.05) is 17.0 Å². The molecule has 1 fully saturated rings. The van der Waals surface area contributed by atoms with Crippen LogP contribution in [-0.2, 0) is 30.6 Å². The van der Waals surface area contributed by atoms with Gasteiger partial charge in [-0.3, -0.25) is 13.5 Å². The molecule has 2 aromatic rings. The molecule has 1 heterocycles. The third-order valence-electron chi connectivity index (χ3n) is 4.46. The van der Waals surface area contributed by atoms with Crippen LogP contribution in [0.15, 0.2) is 51.5 Å². The van der Waals surface area contributed by atoms with Crippen molar-refractivity contribution in [3.8, 4) is 6.07 Å². The van der Waals surface area contributed by atoms with Crippen molar-refractivity contribution >= 4 is 38.4 Å². The lowest BCUT2D eigenvalue weighted by molar-refractivity contribution is 0.338. The number of nitrogens with two attached hydrogens (primary N) is 1. The highest BCUT2D eigenvalue weighted by Crippen LogP contribution is 2.47. The number of benzene rings is 1. The normalized spacial score (nSPS) is 16.7. The van der Waals surface area contributed by atoms with Gasteiger partial charge in [-0.1, -0.05) is 18.5 Å². The van der Waals surface area contributed by atoms with Crippen molar-refractivity contribution in [2.45, 2.75) is 35.0 Å². The molecule has 11 heteroatoms. The molecule has 0 bridgehead atoms. The highest BCUT2D eigenvalue weighted by molar-refractivity contribution is 7.86. The minimum absolute atomic E-state index is 0.0500. The van der Waals surface area contributed by atoms with Gasteiger partial charge < -0.3 is 5.73 Å². The summed E-state index contributed by atoms with van der Waals surface area (Å²) in [5.74, 6) is -0.0535. The van der Waals surface area contributed by atoms with E-state index in [4.69, 9.17) is 17.3 Å². The van der Waals surface area contributed by atoms with E-state index < -0.39 is 26.3 Å². The van der Waals surface area contributed by atoms with Crippen LogP contribution in [0.5, 0.6) is 0 Å². The molecular weight excluding hydrogens is 436 g/mol. The van der Waals surface area contributed by atoms with Gasteiger partial charge in [-0.25, -0.2) is 0 Å². The Balaban J connectivity index is 1.93. The van der Waals surface area contributed by atoms with Crippen LogP contribution in [0, 0.1) is 11.3 Å². The molecule has 0 spiro atoms. The SMILES string of the molecule is CC[S@](=O)c1cc(C2(C#N)CC2)cnc1/C(N)=N/OS(=O)(=O)c1ccc(Cl)cc1. The molecule has 1 aliphatic carbocycles. The van der Waals surface area contributed by atoms with E-state index in [-0.39, 0.29) is 27.1 Å². The summed E-state index contributed by atoms with van der Waals surface area (Å²) in [4.78, 5) is 4.32. The standard InChI is InChI=1S/C18H17ClN4O4S2/c1-2-28(24)15-9-12(18(11-20)7-8-18)10-22-16(15)17(21)23-27-29(25,26)14-5-3-13(19)4-6-14/h3-6,9-10H,2,7-8H2,1H3,(H2,21,23)/t28-/m0/s1. The number of pyridine rings is 1. The Morgan fingerprint density at radius 1 is 1.41 bits per heavy atom. The Bertz CT molecular complexity index is 1140. The molecule has 2 N–H and O–H groups in total. The molecule has 1 aliphatic rings. The molecule has 152 valence electrons. The molecule has 0 saturated heterocycles. The van der Waals surface area contributed by atoms with Crippen molar-refractivity contribution in [2.75, 3.05) is 5.75 Å². The maximum atomic E-state index is 12.5. The van der Waals surface area contributed by atoms with Crippen molar-refractivity contribution in [3.05, 3.63) is 52.8 Å². The molecule has 29 heavy (non-hydrogen) atoms. The third-order valence-corrected chi connectivity index (χ3v) is 7.15. The monoisotopic (exact) mass is 452 g/mol. The molecule has 1 saturated carbocycles. The van der Waals surface area contributed by atoms with Gasteiger partial charge in [0.2, 0.25) is 0 Å². The second kappa shape index (κ2) is 8.10. The lowest BCUT2D eigenvalue weighted by Crippen LogP contribution is -2.21. The van der Waals surface area contributed by atoms with E-state index in [0.29, 0.717) is 23.4 Å². The van der Waals surface area contributed by atoms with Gasteiger partial charge in [-0.05, 0) is 53.9 Å². The summed E-state index contributed by atoms with van der Waals surface area (Å²) in [6, 6.07) is 9.21. The van der Waals surface area contributed by atoms with Crippen molar-refractivity contribution in [3.63, 3.8) is 0 Å². The number of rotatable bonds is 7. The quantitative estimate of drug-likeness (QED) is 0.387. The summed E-state index contributed by atoms with van der Waals surface area (Å²) in [7, 11) is -5.67. The number of nitrogens with zero attached hydrogens (tertiary/aromatic N) is 3. The molecule has 3 rings (SSSR count). The van der Waals surface area contributed by atoms with Crippen LogP contribution in [-0.4, -0.2) is 29.2 Å². The minimum Gasteiger partial charge on any atom is -0.379 e. The Morgan fingerprint density at radius 2 is 2.07 bits per heavy atom. The summed E-state index contributed by atoms with van der Waals surface area (Å²) in [6.07, 6.45) is 2.88.